The van der Waals surface area contributed by atoms with Crippen molar-refractivity contribution >= 4 is 5.65 Å². The van der Waals surface area contributed by atoms with E-state index in [1.54, 1.807) is 16.8 Å². The van der Waals surface area contributed by atoms with Crippen LogP contribution >= 0.6 is 0 Å². The van der Waals surface area contributed by atoms with Crippen LogP contribution in [0.25, 0.3) is 16.9 Å². The highest BCUT2D eigenvalue weighted by atomic mass is 16.2. The molecule has 3 aromatic heterocycles. The average molecular weight is 269 g/mol. The number of nitrogens with zero attached hydrogens (tertiary/aromatic N) is 3. The standard InChI is InChI=1S/C13H11N5O2/c19-12-8(6-14-13(20)17-12)9-5-10(7-1-2-7)18-11(16-9)3-4-15-18/h3-7H,1-2H2,(H2,14,17,19,20). The Balaban J connectivity index is 1.99. The van der Waals surface area contributed by atoms with E-state index in [1.807, 2.05) is 6.07 Å². The van der Waals surface area contributed by atoms with E-state index in [-0.39, 0.29) is 0 Å². The number of hydrogen-bond donors (Lipinski definition) is 2. The smallest absolute Gasteiger partial charge is 0.313 e. The third-order valence-electron chi connectivity index (χ3n) is 3.48. The van der Waals surface area contributed by atoms with Gasteiger partial charge in [0.25, 0.3) is 5.56 Å². The number of hydrogen-bond acceptors (Lipinski definition) is 4. The molecule has 1 fully saturated rings. The molecule has 0 amide bonds. The highest BCUT2D eigenvalue weighted by Crippen LogP contribution is 2.40. The normalized spacial score (nSPS) is 14.8. The molecular weight excluding hydrogens is 258 g/mol. The van der Waals surface area contributed by atoms with Gasteiger partial charge in [-0.25, -0.2) is 14.3 Å². The summed E-state index contributed by atoms with van der Waals surface area (Å²) in [5.74, 6) is 0.473. The number of H-pyrrole nitrogens is 2. The fourth-order valence-electron chi connectivity index (χ4n) is 2.34. The maximum absolute atomic E-state index is 11.9. The van der Waals surface area contributed by atoms with E-state index in [0.29, 0.717) is 22.8 Å². The number of fused-ring (bicyclic) bond motifs is 1. The Labute approximate surface area is 112 Å². The van der Waals surface area contributed by atoms with Gasteiger partial charge in [0.1, 0.15) is 0 Å². The van der Waals surface area contributed by atoms with Crippen molar-refractivity contribution in [3.63, 3.8) is 0 Å². The number of rotatable bonds is 2. The van der Waals surface area contributed by atoms with Crippen molar-refractivity contribution in [2.75, 3.05) is 0 Å². The first-order valence-corrected chi connectivity index (χ1v) is 6.39. The van der Waals surface area contributed by atoms with Gasteiger partial charge in [-0.3, -0.25) is 9.78 Å². The molecule has 0 radical (unpaired) electrons. The maximum Gasteiger partial charge on any atom is 0.325 e. The van der Waals surface area contributed by atoms with Crippen LogP contribution in [0.3, 0.4) is 0 Å². The zero-order valence-electron chi connectivity index (χ0n) is 10.5. The van der Waals surface area contributed by atoms with Crippen LogP contribution in [-0.2, 0) is 0 Å². The van der Waals surface area contributed by atoms with E-state index < -0.39 is 11.2 Å². The summed E-state index contributed by atoms with van der Waals surface area (Å²) in [6.45, 7) is 0. The zero-order chi connectivity index (χ0) is 13.7. The third-order valence-corrected chi connectivity index (χ3v) is 3.48. The molecular formula is C13H11N5O2. The van der Waals surface area contributed by atoms with Crippen LogP contribution in [0.2, 0.25) is 0 Å². The molecule has 0 atom stereocenters. The van der Waals surface area contributed by atoms with E-state index in [1.165, 1.54) is 6.20 Å². The van der Waals surface area contributed by atoms with Gasteiger partial charge in [-0.2, -0.15) is 5.10 Å². The lowest BCUT2D eigenvalue weighted by atomic mass is 10.1. The highest BCUT2D eigenvalue weighted by Gasteiger charge is 2.27. The Morgan fingerprint density at radius 3 is 2.90 bits per heavy atom. The molecule has 0 saturated heterocycles. The van der Waals surface area contributed by atoms with Crippen LogP contribution in [0, 0.1) is 0 Å². The van der Waals surface area contributed by atoms with Gasteiger partial charge in [0.15, 0.2) is 5.65 Å². The van der Waals surface area contributed by atoms with E-state index in [2.05, 4.69) is 20.1 Å². The molecule has 4 rings (SSSR count). The lowest BCUT2D eigenvalue weighted by Crippen LogP contribution is -2.23. The first-order chi connectivity index (χ1) is 9.72. The molecule has 0 unspecified atom stereocenters. The zero-order valence-corrected chi connectivity index (χ0v) is 10.5. The number of aromatic amines is 2. The molecule has 7 nitrogen and oxygen atoms in total. The highest BCUT2D eigenvalue weighted by molar-refractivity contribution is 5.60. The Bertz CT molecular complexity index is 916. The van der Waals surface area contributed by atoms with Crippen LogP contribution in [0.1, 0.15) is 24.5 Å². The molecule has 2 N–H and O–H groups in total. The monoisotopic (exact) mass is 269 g/mol. The van der Waals surface area contributed by atoms with Gasteiger partial charge in [-0.05, 0) is 18.9 Å². The Kier molecular flexibility index (Phi) is 2.17. The summed E-state index contributed by atoms with van der Waals surface area (Å²) in [6.07, 6.45) is 5.34. The van der Waals surface area contributed by atoms with Gasteiger partial charge in [0, 0.05) is 23.9 Å². The Morgan fingerprint density at radius 2 is 2.15 bits per heavy atom. The summed E-state index contributed by atoms with van der Waals surface area (Å²) < 4.78 is 1.81. The first-order valence-electron chi connectivity index (χ1n) is 6.39. The summed E-state index contributed by atoms with van der Waals surface area (Å²) in [4.78, 5) is 32.1. The number of aromatic nitrogens is 5. The SMILES string of the molecule is O=c1[nH]cc(-c2cc(C3CC3)n3nccc3n2)c(=O)[nH]1. The van der Waals surface area contributed by atoms with Crippen molar-refractivity contribution in [2.24, 2.45) is 0 Å². The lowest BCUT2D eigenvalue weighted by molar-refractivity contribution is 0.843. The first kappa shape index (κ1) is 11.2. The Morgan fingerprint density at radius 1 is 1.30 bits per heavy atom. The van der Waals surface area contributed by atoms with Crippen molar-refractivity contribution in [3.05, 3.63) is 51.1 Å². The second kappa shape index (κ2) is 3.89. The molecule has 100 valence electrons. The molecule has 3 aromatic rings. The van der Waals surface area contributed by atoms with Gasteiger partial charge in [0.05, 0.1) is 17.5 Å². The lowest BCUT2D eigenvalue weighted by Gasteiger charge is -2.06. The largest absolute Gasteiger partial charge is 0.325 e. The van der Waals surface area contributed by atoms with E-state index in [4.69, 9.17) is 0 Å². The predicted molar refractivity (Wildman–Crippen MR) is 71.6 cm³/mol. The summed E-state index contributed by atoms with van der Waals surface area (Å²) in [7, 11) is 0. The summed E-state index contributed by atoms with van der Waals surface area (Å²) in [5, 5.41) is 4.26. The summed E-state index contributed by atoms with van der Waals surface area (Å²) >= 11 is 0. The predicted octanol–water partition coefficient (Wildman–Crippen LogP) is 0.650. The molecule has 0 aromatic carbocycles. The van der Waals surface area contributed by atoms with Crippen molar-refractivity contribution < 1.29 is 0 Å². The van der Waals surface area contributed by atoms with Crippen molar-refractivity contribution in [1.29, 1.82) is 0 Å². The van der Waals surface area contributed by atoms with Gasteiger partial charge in [-0.1, -0.05) is 0 Å². The molecule has 0 bridgehead atoms. The van der Waals surface area contributed by atoms with Gasteiger partial charge in [0.2, 0.25) is 0 Å². The van der Waals surface area contributed by atoms with Gasteiger partial charge >= 0.3 is 5.69 Å². The van der Waals surface area contributed by atoms with E-state index in [9.17, 15) is 9.59 Å². The average Bonchev–Trinajstić information content (AvgIpc) is 3.15. The molecule has 0 spiro atoms. The minimum absolute atomic E-state index is 0.357. The molecule has 1 aliphatic carbocycles. The van der Waals surface area contributed by atoms with Crippen LogP contribution < -0.4 is 11.2 Å². The Hall–Kier alpha value is -2.70. The van der Waals surface area contributed by atoms with Crippen molar-refractivity contribution in [1.82, 2.24) is 24.6 Å². The van der Waals surface area contributed by atoms with Crippen molar-refractivity contribution in [3.8, 4) is 11.3 Å². The topological polar surface area (TPSA) is 95.9 Å². The second-order valence-electron chi connectivity index (χ2n) is 4.93. The van der Waals surface area contributed by atoms with E-state index in [0.717, 1.165) is 18.5 Å². The minimum atomic E-state index is -0.522. The molecule has 1 saturated carbocycles. The minimum Gasteiger partial charge on any atom is -0.313 e. The van der Waals surface area contributed by atoms with Gasteiger partial charge in [-0.15, -0.1) is 0 Å². The molecule has 0 aliphatic heterocycles. The maximum atomic E-state index is 11.9. The van der Waals surface area contributed by atoms with Crippen LogP contribution in [0.15, 0.2) is 34.1 Å². The number of nitrogens with one attached hydrogen (secondary N) is 2. The van der Waals surface area contributed by atoms with Crippen LogP contribution in [0.5, 0.6) is 0 Å². The fraction of sp³-hybridized carbons (Fsp3) is 0.231. The molecule has 20 heavy (non-hydrogen) atoms. The summed E-state index contributed by atoms with van der Waals surface area (Å²) in [5.41, 5.74) is 1.71. The van der Waals surface area contributed by atoms with Gasteiger partial charge < -0.3 is 4.98 Å². The quantitative estimate of drug-likeness (QED) is 0.714. The molecule has 3 heterocycles. The second-order valence-corrected chi connectivity index (χ2v) is 4.93. The van der Waals surface area contributed by atoms with E-state index >= 15 is 0 Å². The molecule has 7 heteroatoms. The van der Waals surface area contributed by atoms with Crippen molar-refractivity contribution in [2.45, 2.75) is 18.8 Å². The van der Waals surface area contributed by atoms with Crippen LogP contribution in [0.4, 0.5) is 0 Å². The molecule has 1 aliphatic rings. The fourth-order valence-corrected chi connectivity index (χ4v) is 2.34. The third kappa shape index (κ3) is 1.67. The summed E-state index contributed by atoms with van der Waals surface area (Å²) in [6, 6.07) is 3.68. The van der Waals surface area contributed by atoms with Crippen LogP contribution in [-0.4, -0.2) is 24.6 Å².